The second-order valence-electron chi connectivity index (χ2n) is 4.33. The van der Waals surface area contributed by atoms with E-state index in [2.05, 4.69) is 15.9 Å². The van der Waals surface area contributed by atoms with Crippen LogP contribution in [0.1, 0.15) is 18.9 Å². The molecule has 0 fully saturated rings. The van der Waals surface area contributed by atoms with Gasteiger partial charge < -0.3 is 10.6 Å². The third-order valence-electron chi connectivity index (χ3n) is 3.01. The monoisotopic (exact) mass is 332 g/mol. The summed E-state index contributed by atoms with van der Waals surface area (Å²) >= 11 is 9.39. The molecule has 0 saturated carbocycles. The van der Waals surface area contributed by atoms with Crippen LogP contribution in [0.25, 0.3) is 0 Å². The first-order chi connectivity index (χ1) is 8.45. The second-order valence-corrected chi connectivity index (χ2v) is 5.62. The van der Waals surface area contributed by atoms with E-state index in [1.54, 1.807) is 11.9 Å². The summed E-state index contributed by atoms with van der Waals surface area (Å²) in [7, 11) is 1.78. The number of benzene rings is 1. The first kappa shape index (κ1) is 15.5. The van der Waals surface area contributed by atoms with Crippen LogP contribution in [-0.2, 0) is 11.2 Å². The maximum atomic E-state index is 11.9. The van der Waals surface area contributed by atoms with Crippen molar-refractivity contribution < 1.29 is 4.79 Å². The van der Waals surface area contributed by atoms with Crippen molar-refractivity contribution in [3.63, 3.8) is 0 Å². The van der Waals surface area contributed by atoms with Crippen LogP contribution in [0.2, 0.25) is 5.02 Å². The quantitative estimate of drug-likeness (QED) is 0.900. The van der Waals surface area contributed by atoms with Gasteiger partial charge in [-0.25, -0.2) is 0 Å². The lowest BCUT2D eigenvalue weighted by molar-refractivity contribution is -0.131. The average molecular weight is 334 g/mol. The first-order valence-electron chi connectivity index (χ1n) is 5.85. The fourth-order valence-corrected chi connectivity index (χ4v) is 2.20. The van der Waals surface area contributed by atoms with Gasteiger partial charge in [-0.3, -0.25) is 4.79 Å². The van der Waals surface area contributed by atoms with Gasteiger partial charge in [0, 0.05) is 35.6 Å². The lowest BCUT2D eigenvalue weighted by Gasteiger charge is -2.23. The highest BCUT2D eigenvalue weighted by atomic mass is 79.9. The van der Waals surface area contributed by atoms with Crippen molar-refractivity contribution in [1.82, 2.24) is 4.90 Å². The Morgan fingerprint density at radius 1 is 1.56 bits per heavy atom. The van der Waals surface area contributed by atoms with Gasteiger partial charge >= 0.3 is 0 Å². The van der Waals surface area contributed by atoms with Crippen LogP contribution in [0.15, 0.2) is 22.7 Å². The van der Waals surface area contributed by atoms with Gasteiger partial charge in [-0.2, -0.15) is 0 Å². The second kappa shape index (κ2) is 7.12. The molecule has 0 heterocycles. The molecule has 1 unspecified atom stereocenters. The number of hydrogen-bond acceptors (Lipinski definition) is 2. The fourth-order valence-electron chi connectivity index (χ4n) is 1.56. The molecule has 1 atom stereocenters. The first-order valence-corrected chi connectivity index (χ1v) is 7.02. The summed E-state index contributed by atoms with van der Waals surface area (Å²) in [5.74, 6) is 0.0971. The molecule has 0 spiro atoms. The number of aryl methyl sites for hydroxylation is 1. The molecular formula is C13H18BrClN2O. The van der Waals surface area contributed by atoms with Crippen LogP contribution in [-0.4, -0.2) is 30.4 Å². The molecule has 0 aliphatic rings. The molecule has 2 N–H and O–H groups in total. The van der Waals surface area contributed by atoms with E-state index in [1.165, 1.54) is 0 Å². The van der Waals surface area contributed by atoms with E-state index >= 15 is 0 Å². The molecule has 18 heavy (non-hydrogen) atoms. The van der Waals surface area contributed by atoms with Gasteiger partial charge in [-0.1, -0.05) is 27.5 Å². The highest BCUT2D eigenvalue weighted by Crippen LogP contribution is 2.22. The molecule has 3 nitrogen and oxygen atoms in total. The number of rotatable bonds is 5. The summed E-state index contributed by atoms with van der Waals surface area (Å²) in [5, 5.41) is 0.685. The number of nitrogens with two attached hydrogens (primary N) is 1. The van der Waals surface area contributed by atoms with E-state index in [0.717, 1.165) is 10.0 Å². The minimum atomic E-state index is 0.0697. The van der Waals surface area contributed by atoms with E-state index in [9.17, 15) is 4.79 Å². The number of halogens is 2. The van der Waals surface area contributed by atoms with Crippen LogP contribution in [0.3, 0.4) is 0 Å². The fraction of sp³-hybridized carbons (Fsp3) is 0.462. The normalized spacial score (nSPS) is 12.3. The van der Waals surface area contributed by atoms with Gasteiger partial charge in [-0.05, 0) is 37.1 Å². The standard InChI is InChI=1S/C13H18BrClN2O/c1-9(8-16)17(2)13(18)6-3-10-7-11(15)4-5-12(10)14/h4-5,7,9H,3,6,8,16H2,1-2H3. The Morgan fingerprint density at radius 3 is 2.83 bits per heavy atom. The smallest absolute Gasteiger partial charge is 0.222 e. The molecule has 0 saturated heterocycles. The summed E-state index contributed by atoms with van der Waals surface area (Å²) in [6, 6.07) is 5.67. The van der Waals surface area contributed by atoms with E-state index in [-0.39, 0.29) is 11.9 Å². The molecule has 1 amide bonds. The van der Waals surface area contributed by atoms with E-state index in [1.807, 2.05) is 25.1 Å². The number of amides is 1. The third-order valence-corrected chi connectivity index (χ3v) is 4.02. The Morgan fingerprint density at radius 2 is 2.22 bits per heavy atom. The zero-order valence-electron chi connectivity index (χ0n) is 10.6. The maximum absolute atomic E-state index is 11.9. The largest absolute Gasteiger partial charge is 0.342 e. The molecule has 0 aliphatic carbocycles. The Bertz CT molecular complexity index is 425. The average Bonchev–Trinajstić information content (AvgIpc) is 2.37. The molecular weight excluding hydrogens is 316 g/mol. The topological polar surface area (TPSA) is 46.3 Å². The SMILES string of the molecule is CC(CN)N(C)C(=O)CCc1cc(Cl)ccc1Br. The van der Waals surface area contributed by atoms with Crippen molar-refractivity contribution in [3.8, 4) is 0 Å². The summed E-state index contributed by atoms with van der Waals surface area (Å²) in [5.41, 5.74) is 6.59. The van der Waals surface area contributed by atoms with Crippen molar-refractivity contribution in [2.45, 2.75) is 25.8 Å². The summed E-state index contributed by atoms with van der Waals surface area (Å²) in [6.45, 7) is 2.41. The Kier molecular flexibility index (Phi) is 6.12. The Hall–Kier alpha value is -0.580. The highest BCUT2D eigenvalue weighted by Gasteiger charge is 2.14. The zero-order valence-corrected chi connectivity index (χ0v) is 13.0. The minimum Gasteiger partial charge on any atom is -0.342 e. The molecule has 5 heteroatoms. The van der Waals surface area contributed by atoms with Gasteiger partial charge in [-0.15, -0.1) is 0 Å². The van der Waals surface area contributed by atoms with Crippen molar-refractivity contribution in [3.05, 3.63) is 33.3 Å². The third kappa shape index (κ3) is 4.26. The van der Waals surface area contributed by atoms with Crippen molar-refractivity contribution in [1.29, 1.82) is 0 Å². The van der Waals surface area contributed by atoms with Crippen LogP contribution in [0, 0.1) is 0 Å². The molecule has 1 rings (SSSR count). The van der Waals surface area contributed by atoms with E-state index in [4.69, 9.17) is 17.3 Å². The number of likely N-dealkylation sites (N-methyl/N-ethyl adjacent to an activating group) is 1. The van der Waals surface area contributed by atoms with Crippen molar-refractivity contribution >= 4 is 33.4 Å². The Labute approximate surface area is 121 Å². The maximum Gasteiger partial charge on any atom is 0.222 e. The zero-order chi connectivity index (χ0) is 13.7. The van der Waals surface area contributed by atoms with Crippen LogP contribution in [0.5, 0.6) is 0 Å². The van der Waals surface area contributed by atoms with Gasteiger partial charge in [0.25, 0.3) is 0 Å². The summed E-state index contributed by atoms with van der Waals surface area (Å²) < 4.78 is 0.981. The highest BCUT2D eigenvalue weighted by molar-refractivity contribution is 9.10. The van der Waals surface area contributed by atoms with Gasteiger partial charge in [0.15, 0.2) is 0 Å². The van der Waals surface area contributed by atoms with E-state index < -0.39 is 0 Å². The number of carbonyl (C=O) groups excluding carboxylic acids is 1. The number of hydrogen-bond donors (Lipinski definition) is 1. The summed E-state index contributed by atoms with van der Waals surface area (Å²) in [6.07, 6.45) is 1.13. The molecule has 100 valence electrons. The molecule has 1 aromatic carbocycles. The molecule has 0 aliphatic heterocycles. The molecule has 0 bridgehead atoms. The molecule has 0 aromatic heterocycles. The predicted molar refractivity (Wildman–Crippen MR) is 78.8 cm³/mol. The lowest BCUT2D eigenvalue weighted by Crippen LogP contribution is -2.39. The minimum absolute atomic E-state index is 0.0697. The van der Waals surface area contributed by atoms with Gasteiger partial charge in [0.05, 0.1) is 0 Å². The number of nitrogens with zero attached hydrogens (tertiary/aromatic N) is 1. The van der Waals surface area contributed by atoms with Crippen LogP contribution < -0.4 is 5.73 Å². The Balaban J connectivity index is 2.60. The predicted octanol–water partition coefficient (Wildman–Crippen LogP) is 2.84. The molecule has 0 radical (unpaired) electrons. The van der Waals surface area contributed by atoms with E-state index in [0.29, 0.717) is 24.4 Å². The lowest BCUT2D eigenvalue weighted by atomic mass is 10.1. The number of carbonyl (C=O) groups is 1. The van der Waals surface area contributed by atoms with Crippen molar-refractivity contribution in [2.75, 3.05) is 13.6 Å². The molecule has 1 aromatic rings. The van der Waals surface area contributed by atoms with Gasteiger partial charge in [0.1, 0.15) is 0 Å². The van der Waals surface area contributed by atoms with Crippen molar-refractivity contribution in [2.24, 2.45) is 5.73 Å². The summed E-state index contributed by atoms with van der Waals surface area (Å²) in [4.78, 5) is 13.6. The van der Waals surface area contributed by atoms with Crippen LogP contribution in [0.4, 0.5) is 0 Å². The van der Waals surface area contributed by atoms with Gasteiger partial charge in [0.2, 0.25) is 5.91 Å². The van der Waals surface area contributed by atoms with Crippen LogP contribution >= 0.6 is 27.5 Å².